The summed E-state index contributed by atoms with van der Waals surface area (Å²) in [5.41, 5.74) is 1.56. The lowest BCUT2D eigenvalue weighted by Crippen LogP contribution is -2.33. The van der Waals surface area contributed by atoms with E-state index in [0.717, 1.165) is 24.5 Å². The number of carbonyl (C=O) groups excluding carboxylic acids is 1. The first-order valence-corrected chi connectivity index (χ1v) is 7.57. The van der Waals surface area contributed by atoms with Crippen LogP contribution >= 0.6 is 0 Å². The Labute approximate surface area is 133 Å². The van der Waals surface area contributed by atoms with Crippen LogP contribution in [0.15, 0.2) is 49.1 Å². The number of hydrogen-bond acceptors (Lipinski definition) is 4. The highest BCUT2D eigenvalue weighted by Crippen LogP contribution is 2.14. The van der Waals surface area contributed by atoms with Gasteiger partial charge in [-0.1, -0.05) is 6.07 Å². The van der Waals surface area contributed by atoms with Gasteiger partial charge in [0.05, 0.1) is 5.69 Å². The van der Waals surface area contributed by atoms with E-state index in [4.69, 9.17) is 0 Å². The molecule has 0 fully saturated rings. The molecule has 2 aromatic heterocycles. The SMILES string of the molecule is O=C(c1cccc(-n2cccn2)c1)N1CCc2nncn2CC1. The van der Waals surface area contributed by atoms with Gasteiger partial charge in [-0.3, -0.25) is 4.79 Å². The van der Waals surface area contributed by atoms with Gasteiger partial charge in [0.1, 0.15) is 12.2 Å². The molecule has 7 nitrogen and oxygen atoms in total. The molecule has 23 heavy (non-hydrogen) atoms. The van der Waals surface area contributed by atoms with Gasteiger partial charge in [-0.25, -0.2) is 4.68 Å². The monoisotopic (exact) mass is 308 g/mol. The summed E-state index contributed by atoms with van der Waals surface area (Å²) in [7, 11) is 0. The maximum Gasteiger partial charge on any atom is 0.254 e. The van der Waals surface area contributed by atoms with Crippen LogP contribution < -0.4 is 0 Å². The maximum absolute atomic E-state index is 12.8. The lowest BCUT2D eigenvalue weighted by atomic mass is 10.1. The van der Waals surface area contributed by atoms with E-state index in [0.29, 0.717) is 18.7 Å². The number of benzene rings is 1. The first kappa shape index (κ1) is 13.7. The first-order valence-electron chi connectivity index (χ1n) is 7.57. The minimum absolute atomic E-state index is 0.0396. The molecular formula is C16H16N6O. The molecule has 1 amide bonds. The van der Waals surface area contributed by atoms with Crippen molar-refractivity contribution >= 4 is 5.91 Å². The lowest BCUT2D eigenvalue weighted by Gasteiger charge is -2.20. The topological polar surface area (TPSA) is 68.8 Å². The van der Waals surface area contributed by atoms with Gasteiger partial charge in [-0.15, -0.1) is 10.2 Å². The Bertz CT molecular complexity index is 800. The third-order valence-corrected chi connectivity index (χ3v) is 4.06. The Kier molecular flexibility index (Phi) is 3.38. The highest BCUT2D eigenvalue weighted by Gasteiger charge is 2.20. The Morgan fingerprint density at radius 3 is 2.96 bits per heavy atom. The molecule has 116 valence electrons. The normalized spacial score (nSPS) is 14.3. The van der Waals surface area contributed by atoms with Crippen LogP contribution in [0.2, 0.25) is 0 Å². The molecule has 4 rings (SSSR count). The molecule has 0 N–H and O–H groups in total. The van der Waals surface area contributed by atoms with Crippen molar-refractivity contribution in [1.29, 1.82) is 0 Å². The van der Waals surface area contributed by atoms with E-state index in [1.165, 1.54) is 0 Å². The molecule has 0 saturated carbocycles. The van der Waals surface area contributed by atoms with Crippen molar-refractivity contribution in [2.75, 3.05) is 13.1 Å². The zero-order chi connectivity index (χ0) is 15.6. The summed E-state index contributed by atoms with van der Waals surface area (Å²) in [4.78, 5) is 14.7. The molecule has 3 heterocycles. The molecule has 0 spiro atoms. The van der Waals surface area contributed by atoms with Crippen LogP contribution in [-0.4, -0.2) is 48.4 Å². The molecule has 0 atom stereocenters. The summed E-state index contributed by atoms with van der Waals surface area (Å²) >= 11 is 0. The van der Waals surface area contributed by atoms with E-state index in [9.17, 15) is 4.79 Å². The number of fused-ring (bicyclic) bond motifs is 1. The van der Waals surface area contributed by atoms with Gasteiger partial charge >= 0.3 is 0 Å². The Balaban J connectivity index is 1.55. The van der Waals surface area contributed by atoms with E-state index >= 15 is 0 Å². The van der Waals surface area contributed by atoms with Crippen LogP contribution in [0.5, 0.6) is 0 Å². The first-order chi connectivity index (χ1) is 11.3. The van der Waals surface area contributed by atoms with E-state index in [1.54, 1.807) is 17.2 Å². The van der Waals surface area contributed by atoms with Crippen molar-refractivity contribution in [3.8, 4) is 5.69 Å². The van der Waals surface area contributed by atoms with Crippen molar-refractivity contribution in [2.24, 2.45) is 0 Å². The fraction of sp³-hybridized carbons (Fsp3) is 0.250. The third kappa shape index (κ3) is 2.61. The van der Waals surface area contributed by atoms with Crippen LogP contribution in [-0.2, 0) is 13.0 Å². The average Bonchev–Trinajstić information content (AvgIpc) is 3.23. The number of aromatic nitrogens is 5. The largest absolute Gasteiger partial charge is 0.336 e. The summed E-state index contributed by atoms with van der Waals surface area (Å²) in [6.45, 7) is 2.05. The highest BCUT2D eigenvalue weighted by atomic mass is 16.2. The van der Waals surface area contributed by atoms with Crippen molar-refractivity contribution < 1.29 is 4.79 Å². The van der Waals surface area contributed by atoms with Gasteiger partial charge in [0.25, 0.3) is 5.91 Å². The molecule has 0 unspecified atom stereocenters. The second-order valence-corrected chi connectivity index (χ2v) is 5.48. The van der Waals surface area contributed by atoms with Gasteiger partial charge in [0.2, 0.25) is 0 Å². The minimum atomic E-state index is 0.0396. The fourth-order valence-electron chi connectivity index (χ4n) is 2.82. The van der Waals surface area contributed by atoms with Gasteiger partial charge in [0.15, 0.2) is 0 Å². The standard InChI is InChI=1S/C16H16N6O/c23-16(20-8-5-15-19-17-12-21(15)10-9-20)13-3-1-4-14(11-13)22-7-2-6-18-22/h1-4,6-7,11-12H,5,8-10H2. The van der Waals surface area contributed by atoms with Gasteiger partial charge in [0, 0.05) is 44.0 Å². The van der Waals surface area contributed by atoms with Crippen LogP contribution in [0.3, 0.4) is 0 Å². The summed E-state index contributed by atoms with van der Waals surface area (Å²) in [6, 6.07) is 9.41. The predicted octanol–water partition coefficient (Wildman–Crippen LogP) is 1.16. The maximum atomic E-state index is 12.8. The summed E-state index contributed by atoms with van der Waals surface area (Å²) in [5, 5.41) is 12.2. The van der Waals surface area contributed by atoms with E-state index in [-0.39, 0.29) is 5.91 Å². The molecule has 0 bridgehead atoms. The van der Waals surface area contributed by atoms with Gasteiger partial charge in [-0.2, -0.15) is 5.10 Å². The van der Waals surface area contributed by atoms with Gasteiger partial charge < -0.3 is 9.47 Å². The van der Waals surface area contributed by atoms with Crippen LogP contribution in [0, 0.1) is 0 Å². The fourth-order valence-corrected chi connectivity index (χ4v) is 2.82. The number of amides is 1. The number of hydrogen-bond donors (Lipinski definition) is 0. The second kappa shape index (κ2) is 5.68. The van der Waals surface area contributed by atoms with Crippen LogP contribution in [0.1, 0.15) is 16.2 Å². The summed E-state index contributed by atoms with van der Waals surface area (Å²) in [5.74, 6) is 0.975. The molecule has 0 radical (unpaired) electrons. The molecule has 0 saturated heterocycles. The van der Waals surface area contributed by atoms with E-state index in [2.05, 4.69) is 15.3 Å². The summed E-state index contributed by atoms with van der Waals surface area (Å²) in [6.07, 6.45) is 6.03. The smallest absolute Gasteiger partial charge is 0.254 e. The number of rotatable bonds is 2. The van der Waals surface area contributed by atoms with E-state index < -0.39 is 0 Å². The zero-order valence-corrected chi connectivity index (χ0v) is 12.5. The molecule has 0 aliphatic carbocycles. The predicted molar refractivity (Wildman–Crippen MR) is 83.2 cm³/mol. The Morgan fingerprint density at radius 2 is 2.09 bits per heavy atom. The lowest BCUT2D eigenvalue weighted by molar-refractivity contribution is 0.0759. The number of nitrogens with zero attached hydrogens (tertiary/aromatic N) is 6. The van der Waals surface area contributed by atoms with E-state index in [1.807, 2.05) is 46.0 Å². The number of carbonyl (C=O) groups is 1. The Morgan fingerprint density at radius 1 is 1.13 bits per heavy atom. The van der Waals surface area contributed by atoms with Crippen LogP contribution in [0.4, 0.5) is 0 Å². The molecular weight excluding hydrogens is 292 g/mol. The zero-order valence-electron chi connectivity index (χ0n) is 12.5. The Hall–Kier alpha value is -2.96. The second-order valence-electron chi connectivity index (χ2n) is 5.48. The molecule has 1 aliphatic heterocycles. The molecule has 7 heteroatoms. The molecule has 3 aromatic rings. The third-order valence-electron chi connectivity index (χ3n) is 4.06. The van der Waals surface area contributed by atoms with Crippen molar-refractivity contribution in [3.63, 3.8) is 0 Å². The highest BCUT2D eigenvalue weighted by molar-refractivity contribution is 5.94. The average molecular weight is 308 g/mol. The molecule has 1 aromatic carbocycles. The minimum Gasteiger partial charge on any atom is -0.336 e. The van der Waals surface area contributed by atoms with Crippen molar-refractivity contribution in [1.82, 2.24) is 29.4 Å². The van der Waals surface area contributed by atoms with Crippen molar-refractivity contribution in [3.05, 3.63) is 60.4 Å². The van der Waals surface area contributed by atoms with Crippen LogP contribution in [0.25, 0.3) is 5.69 Å². The quantitative estimate of drug-likeness (QED) is 0.712. The van der Waals surface area contributed by atoms with Gasteiger partial charge in [-0.05, 0) is 24.3 Å². The van der Waals surface area contributed by atoms with Crippen molar-refractivity contribution in [2.45, 2.75) is 13.0 Å². The molecule has 1 aliphatic rings. The summed E-state index contributed by atoms with van der Waals surface area (Å²) < 4.78 is 3.76.